The van der Waals surface area contributed by atoms with Crippen LogP contribution in [0.5, 0.6) is 0 Å². The first-order chi connectivity index (χ1) is 13.3. The summed E-state index contributed by atoms with van der Waals surface area (Å²) in [5, 5.41) is 4.66. The Kier molecular flexibility index (Phi) is 2.75. The first kappa shape index (κ1) is 14.4. The molecule has 0 saturated heterocycles. The Labute approximate surface area is 155 Å². The number of rotatable bonds is 1. The molecule has 2 N–H and O–H groups in total. The predicted octanol–water partition coefficient (Wildman–Crippen LogP) is 6.27. The quantitative estimate of drug-likeness (QED) is 0.356. The van der Waals surface area contributed by atoms with Crippen molar-refractivity contribution in [2.75, 3.05) is 5.73 Å². The molecule has 6 rings (SSSR count). The van der Waals surface area contributed by atoms with Crippen molar-refractivity contribution in [3.8, 4) is 5.69 Å². The highest BCUT2D eigenvalue weighted by molar-refractivity contribution is 6.14. The lowest BCUT2D eigenvalue weighted by Crippen LogP contribution is -1.96. The summed E-state index contributed by atoms with van der Waals surface area (Å²) in [6.45, 7) is 0. The van der Waals surface area contributed by atoms with E-state index in [9.17, 15) is 0 Å². The molecule has 2 aromatic heterocycles. The fourth-order valence-corrected chi connectivity index (χ4v) is 4.21. The average molecular weight is 348 g/mol. The minimum Gasteiger partial charge on any atom is -0.456 e. The van der Waals surface area contributed by atoms with Gasteiger partial charge in [0.1, 0.15) is 11.2 Å². The Bertz CT molecular complexity index is 1430. The summed E-state index contributed by atoms with van der Waals surface area (Å²) < 4.78 is 8.40. The van der Waals surface area contributed by atoms with Gasteiger partial charge in [-0.2, -0.15) is 0 Å². The highest BCUT2D eigenvalue weighted by Gasteiger charge is 2.17. The van der Waals surface area contributed by atoms with Gasteiger partial charge in [-0.3, -0.25) is 0 Å². The second-order valence-electron chi connectivity index (χ2n) is 6.88. The fraction of sp³-hybridized carbons (Fsp3) is 0. The SMILES string of the molecule is Nc1cc(-n2c3ccccc3c3ccccc32)c2c(c1)oc1ccccc12. The molecule has 0 atom stereocenters. The van der Waals surface area contributed by atoms with Gasteiger partial charge in [0.15, 0.2) is 0 Å². The van der Waals surface area contributed by atoms with E-state index in [1.54, 1.807) is 0 Å². The number of nitrogens with zero attached hydrogens (tertiary/aromatic N) is 1. The number of furan rings is 1. The van der Waals surface area contributed by atoms with Crippen LogP contribution < -0.4 is 5.73 Å². The van der Waals surface area contributed by atoms with Crippen LogP contribution in [0.4, 0.5) is 5.69 Å². The van der Waals surface area contributed by atoms with E-state index in [4.69, 9.17) is 10.2 Å². The molecule has 27 heavy (non-hydrogen) atoms. The van der Waals surface area contributed by atoms with Crippen molar-refractivity contribution in [2.45, 2.75) is 0 Å². The fourth-order valence-electron chi connectivity index (χ4n) is 4.21. The molecule has 2 heterocycles. The normalized spacial score (nSPS) is 11.9. The van der Waals surface area contributed by atoms with Crippen LogP contribution in [-0.2, 0) is 0 Å². The van der Waals surface area contributed by atoms with E-state index in [-0.39, 0.29) is 0 Å². The van der Waals surface area contributed by atoms with Crippen molar-refractivity contribution in [1.82, 2.24) is 4.57 Å². The Balaban J connectivity index is 1.89. The Morgan fingerprint density at radius 2 is 1.22 bits per heavy atom. The van der Waals surface area contributed by atoms with Crippen LogP contribution in [0.25, 0.3) is 49.4 Å². The second-order valence-corrected chi connectivity index (χ2v) is 6.88. The summed E-state index contributed by atoms with van der Waals surface area (Å²) in [4.78, 5) is 0. The monoisotopic (exact) mass is 348 g/mol. The minimum atomic E-state index is 0.693. The van der Waals surface area contributed by atoms with Gasteiger partial charge in [-0.15, -0.1) is 0 Å². The van der Waals surface area contributed by atoms with E-state index in [1.165, 1.54) is 10.8 Å². The van der Waals surface area contributed by atoms with Gasteiger partial charge in [0.05, 0.1) is 22.1 Å². The maximum Gasteiger partial charge on any atom is 0.139 e. The smallest absolute Gasteiger partial charge is 0.139 e. The van der Waals surface area contributed by atoms with E-state index >= 15 is 0 Å². The zero-order chi connectivity index (χ0) is 18.0. The summed E-state index contributed by atoms with van der Waals surface area (Å²) in [6, 6.07) is 29.1. The number of nitrogens with two attached hydrogens (primary N) is 1. The molecule has 3 heteroatoms. The van der Waals surface area contributed by atoms with Gasteiger partial charge in [0, 0.05) is 27.9 Å². The number of para-hydroxylation sites is 3. The molecule has 6 aromatic rings. The molecule has 0 spiro atoms. The molecular weight excluding hydrogens is 332 g/mol. The maximum absolute atomic E-state index is 6.27. The van der Waals surface area contributed by atoms with Crippen LogP contribution in [0.1, 0.15) is 0 Å². The Morgan fingerprint density at radius 3 is 1.93 bits per heavy atom. The highest BCUT2D eigenvalue weighted by atomic mass is 16.3. The van der Waals surface area contributed by atoms with Crippen molar-refractivity contribution in [2.24, 2.45) is 0 Å². The van der Waals surface area contributed by atoms with Gasteiger partial charge in [-0.05, 0) is 24.3 Å². The van der Waals surface area contributed by atoms with E-state index in [2.05, 4.69) is 59.2 Å². The maximum atomic E-state index is 6.27. The third kappa shape index (κ3) is 1.91. The standard InChI is InChI=1S/C24H16N2O/c25-15-13-21(24-18-9-3-6-12-22(18)27-23(24)14-15)26-19-10-4-1-7-16(19)17-8-2-5-11-20(17)26/h1-14H,25H2. The Hall–Kier alpha value is -3.72. The Morgan fingerprint density at radius 1 is 0.630 bits per heavy atom. The molecule has 0 aliphatic carbocycles. The molecule has 0 bridgehead atoms. The lowest BCUT2D eigenvalue weighted by Gasteiger charge is -2.10. The third-order valence-electron chi connectivity index (χ3n) is 5.30. The minimum absolute atomic E-state index is 0.693. The molecule has 4 aromatic carbocycles. The average Bonchev–Trinajstić information content (AvgIpc) is 3.23. The lowest BCUT2D eigenvalue weighted by atomic mass is 10.1. The van der Waals surface area contributed by atoms with Crippen molar-refractivity contribution in [1.29, 1.82) is 0 Å². The van der Waals surface area contributed by atoms with Gasteiger partial charge in [-0.1, -0.05) is 54.6 Å². The van der Waals surface area contributed by atoms with Crippen LogP contribution in [0, 0.1) is 0 Å². The van der Waals surface area contributed by atoms with Gasteiger partial charge in [0.25, 0.3) is 0 Å². The van der Waals surface area contributed by atoms with Gasteiger partial charge >= 0.3 is 0 Å². The number of nitrogen functional groups attached to an aromatic ring is 1. The molecule has 0 unspecified atom stereocenters. The molecule has 0 aliphatic heterocycles. The van der Waals surface area contributed by atoms with Gasteiger partial charge < -0.3 is 14.7 Å². The number of aromatic nitrogens is 1. The third-order valence-corrected chi connectivity index (χ3v) is 5.30. The molecule has 3 nitrogen and oxygen atoms in total. The predicted molar refractivity (Wildman–Crippen MR) is 112 cm³/mol. The van der Waals surface area contributed by atoms with Crippen molar-refractivity contribution >= 4 is 49.4 Å². The van der Waals surface area contributed by atoms with Crippen molar-refractivity contribution < 1.29 is 4.42 Å². The summed E-state index contributed by atoms with van der Waals surface area (Å²) in [5.74, 6) is 0. The van der Waals surface area contributed by atoms with E-state index in [0.717, 1.165) is 38.7 Å². The van der Waals surface area contributed by atoms with Crippen LogP contribution >= 0.6 is 0 Å². The first-order valence-corrected chi connectivity index (χ1v) is 9.00. The first-order valence-electron chi connectivity index (χ1n) is 9.00. The van der Waals surface area contributed by atoms with Gasteiger partial charge in [-0.25, -0.2) is 0 Å². The summed E-state index contributed by atoms with van der Waals surface area (Å²) in [5.41, 5.74) is 12.0. The van der Waals surface area contributed by atoms with Crippen molar-refractivity contribution in [3.05, 3.63) is 84.9 Å². The zero-order valence-corrected chi connectivity index (χ0v) is 14.5. The number of fused-ring (bicyclic) bond motifs is 6. The number of benzene rings is 4. The zero-order valence-electron chi connectivity index (χ0n) is 14.5. The number of hydrogen-bond donors (Lipinski definition) is 1. The van der Waals surface area contributed by atoms with Gasteiger partial charge in [0.2, 0.25) is 0 Å². The van der Waals surface area contributed by atoms with Crippen LogP contribution in [0.15, 0.2) is 89.3 Å². The molecule has 0 aliphatic rings. The summed E-state index contributed by atoms with van der Waals surface area (Å²) >= 11 is 0. The highest BCUT2D eigenvalue weighted by Crippen LogP contribution is 2.39. The van der Waals surface area contributed by atoms with Crippen LogP contribution in [0.2, 0.25) is 0 Å². The van der Waals surface area contributed by atoms with E-state index in [1.807, 2.05) is 30.3 Å². The number of anilines is 1. The summed E-state index contributed by atoms with van der Waals surface area (Å²) in [7, 11) is 0. The van der Waals surface area contributed by atoms with E-state index < -0.39 is 0 Å². The number of hydrogen-bond acceptors (Lipinski definition) is 2. The summed E-state index contributed by atoms with van der Waals surface area (Å²) in [6.07, 6.45) is 0. The largest absolute Gasteiger partial charge is 0.456 e. The topological polar surface area (TPSA) is 44.1 Å². The molecule has 0 saturated carbocycles. The van der Waals surface area contributed by atoms with E-state index in [0.29, 0.717) is 5.69 Å². The second kappa shape index (κ2) is 5.15. The van der Waals surface area contributed by atoms with Crippen molar-refractivity contribution in [3.63, 3.8) is 0 Å². The lowest BCUT2D eigenvalue weighted by molar-refractivity contribution is 0.669. The molecular formula is C24H16N2O. The molecule has 128 valence electrons. The molecule has 0 fully saturated rings. The van der Waals surface area contributed by atoms with Crippen LogP contribution in [0.3, 0.4) is 0 Å². The van der Waals surface area contributed by atoms with Crippen LogP contribution in [-0.4, -0.2) is 4.57 Å². The molecule has 0 radical (unpaired) electrons. The molecule has 0 amide bonds.